The summed E-state index contributed by atoms with van der Waals surface area (Å²) in [6.07, 6.45) is -4.21. The molecule has 0 N–H and O–H groups in total. The molecule has 1 heterocycles. The van der Waals surface area contributed by atoms with Crippen LogP contribution in [0.2, 0.25) is 0 Å². The molecule has 0 spiro atoms. The first-order valence-electron chi connectivity index (χ1n) is 8.83. The summed E-state index contributed by atoms with van der Waals surface area (Å²) in [5.41, 5.74) is 0.341. The topological polar surface area (TPSA) is 114 Å². The second kappa shape index (κ2) is 11.2. The molecule has 0 aromatic heterocycles. The SMILES string of the molecule is CC(=O)OC[C@H]1O[C@H](OC(=O)c2ccccc2I)[C@H](I)[C@@H](OC(C)=O)[C@H]1OC(C)=O. The number of benzene rings is 1. The van der Waals surface area contributed by atoms with E-state index in [1.165, 1.54) is 20.8 Å². The first-order chi connectivity index (χ1) is 14.1. The molecule has 11 heteroatoms. The van der Waals surface area contributed by atoms with E-state index < -0.39 is 52.4 Å². The van der Waals surface area contributed by atoms with E-state index in [1.54, 1.807) is 24.3 Å². The Morgan fingerprint density at radius 2 is 1.53 bits per heavy atom. The fourth-order valence-electron chi connectivity index (χ4n) is 2.75. The van der Waals surface area contributed by atoms with Crippen LogP contribution in [0.5, 0.6) is 0 Å². The average Bonchev–Trinajstić information content (AvgIpc) is 2.65. The molecule has 0 amide bonds. The Hall–Kier alpha value is -1.48. The van der Waals surface area contributed by atoms with Gasteiger partial charge in [0.1, 0.15) is 16.6 Å². The van der Waals surface area contributed by atoms with E-state index >= 15 is 0 Å². The highest BCUT2D eigenvalue weighted by Crippen LogP contribution is 2.33. The van der Waals surface area contributed by atoms with E-state index in [1.807, 2.05) is 45.2 Å². The van der Waals surface area contributed by atoms with Crippen molar-refractivity contribution in [3.05, 3.63) is 33.4 Å². The zero-order valence-corrected chi connectivity index (χ0v) is 20.6. The largest absolute Gasteiger partial charge is 0.463 e. The molecule has 1 aromatic carbocycles. The summed E-state index contributed by atoms with van der Waals surface area (Å²) in [7, 11) is 0. The molecule has 0 unspecified atom stereocenters. The molecule has 0 saturated carbocycles. The third kappa shape index (κ3) is 6.77. The van der Waals surface area contributed by atoms with Crippen LogP contribution in [0.3, 0.4) is 0 Å². The van der Waals surface area contributed by atoms with Gasteiger partial charge in [-0.2, -0.15) is 0 Å². The summed E-state index contributed by atoms with van der Waals surface area (Å²) < 4.78 is 27.0. The Bertz CT molecular complexity index is 813. The zero-order chi connectivity index (χ0) is 22.4. The molecular formula is C19H20I2O9. The van der Waals surface area contributed by atoms with Crippen LogP contribution in [0.4, 0.5) is 0 Å². The molecule has 0 radical (unpaired) electrons. The Balaban J connectivity index is 2.30. The van der Waals surface area contributed by atoms with E-state index in [4.69, 9.17) is 23.7 Å². The fraction of sp³-hybridized carbons (Fsp3) is 0.474. The Kier molecular flexibility index (Phi) is 9.28. The van der Waals surface area contributed by atoms with Crippen molar-refractivity contribution >= 4 is 69.1 Å². The number of halogens is 2. The Morgan fingerprint density at radius 1 is 0.933 bits per heavy atom. The van der Waals surface area contributed by atoms with Crippen LogP contribution in [0.15, 0.2) is 24.3 Å². The molecule has 164 valence electrons. The minimum atomic E-state index is -1.15. The van der Waals surface area contributed by atoms with E-state index in [0.29, 0.717) is 9.13 Å². The average molecular weight is 646 g/mol. The van der Waals surface area contributed by atoms with Gasteiger partial charge in [0.25, 0.3) is 0 Å². The second-order valence-corrected chi connectivity index (χ2v) is 8.92. The predicted octanol–water partition coefficient (Wildman–Crippen LogP) is 2.40. The Morgan fingerprint density at radius 3 is 2.10 bits per heavy atom. The highest BCUT2D eigenvalue weighted by Gasteiger charge is 2.50. The maximum Gasteiger partial charge on any atom is 0.341 e. The highest BCUT2D eigenvalue weighted by atomic mass is 127. The molecule has 0 bridgehead atoms. The van der Waals surface area contributed by atoms with Gasteiger partial charge in [-0.15, -0.1) is 0 Å². The van der Waals surface area contributed by atoms with Gasteiger partial charge in [0.15, 0.2) is 12.2 Å². The van der Waals surface area contributed by atoms with Gasteiger partial charge < -0.3 is 23.7 Å². The van der Waals surface area contributed by atoms with Crippen molar-refractivity contribution in [3.8, 4) is 0 Å². The molecule has 0 aliphatic carbocycles. The van der Waals surface area contributed by atoms with Crippen LogP contribution in [0.25, 0.3) is 0 Å². The second-order valence-electron chi connectivity index (χ2n) is 6.32. The molecular weight excluding hydrogens is 626 g/mol. The van der Waals surface area contributed by atoms with E-state index in [-0.39, 0.29) is 6.61 Å². The molecule has 1 aliphatic heterocycles. The van der Waals surface area contributed by atoms with E-state index in [0.717, 1.165) is 0 Å². The van der Waals surface area contributed by atoms with Gasteiger partial charge >= 0.3 is 23.9 Å². The van der Waals surface area contributed by atoms with Crippen LogP contribution in [-0.2, 0) is 38.1 Å². The summed E-state index contributed by atoms with van der Waals surface area (Å²) in [5, 5.41) is 0. The third-order valence-corrected chi connectivity index (χ3v) is 6.18. The first-order valence-corrected chi connectivity index (χ1v) is 11.2. The number of hydrogen-bond acceptors (Lipinski definition) is 9. The summed E-state index contributed by atoms with van der Waals surface area (Å²) in [4.78, 5) is 47.2. The summed E-state index contributed by atoms with van der Waals surface area (Å²) in [5.74, 6) is -2.46. The molecule has 1 saturated heterocycles. The van der Waals surface area contributed by atoms with Crippen LogP contribution in [0, 0.1) is 3.57 Å². The lowest BCUT2D eigenvalue weighted by atomic mass is 10.0. The number of carbonyl (C=O) groups excluding carboxylic acids is 4. The van der Waals surface area contributed by atoms with E-state index in [2.05, 4.69) is 0 Å². The van der Waals surface area contributed by atoms with Gasteiger partial charge in [0.05, 0.1) is 5.56 Å². The van der Waals surface area contributed by atoms with Crippen molar-refractivity contribution in [2.45, 2.75) is 49.3 Å². The number of ether oxygens (including phenoxy) is 5. The number of rotatable bonds is 6. The molecule has 1 aliphatic rings. The van der Waals surface area contributed by atoms with Crippen molar-refractivity contribution in [1.82, 2.24) is 0 Å². The minimum Gasteiger partial charge on any atom is -0.463 e. The van der Waals surface area contributed by atoms with Gasteiger partial charge in [-0.3, -0.25) is 14.4 Å². The smallest absolute Gasteiger partial charge is 0.341 e. The van der Waals surface area contributed by atoms with Gasteiger partial charge in [-0.25, -0.2) is 4.79 Å². The van der Waals surface area contributed by atoms with Crippen LogP contribution >= 0.6 is 45.2 Å². The van der Waals surface area contributed by atoms with Gasteiger partial charge in [-0.05, 0) is 34.7 Å². The lowest BCUT2D eigenvalue weighted by Gasteiger charge is -2.42. The molecule has 2 rings (SSSR count). The third-order valence-electron chi connectivity index (χ3n) is 3.94. The number of alkyl halides is 1. The van der Waals surface area contributed by atoms with Crippen LogP contribution < -0.4 is 0 Å². The van der Waals surface area contributed by atoms with Crippen molar-refractivity contribution in [1.29, 1.82) is 0 Å². The highest BCUT2D eigenvalue weighted by molar-refractivity contribution is 14.1. The van der Waals surface area contributed by atoms with Crippen molar-refractivity contribution in [2.24, 2.45) is 0 Å². The number of carbonyl (C=O) groups is 4. The zero-order valence-electron chi connectivity index (χ0n) is 16.3. The normalized spacial score (nSPS) is 25.7. The summed E-state index contributed by atoms with van der Waals surface area (Å²) in [6, 6.07) is 6.84. The van der Waals surface area contributed by atoms with Gasteiger partial charge in [0, 0.05) is 24.3 Å². The van der Waals surface area contributed by atoms with Gasteiger partial charge in [0.2, 0.25) is 6.29 Å². The molecule has 1 fully saturated rings. The van der Waals surface area contributed by atoms with E-state index in [9.17, 15) is 19.2 Å². The molecule has 1 aromatic rings. The molecule has 9 nitrogen and oxygen atoms in total. The Labute approximate surface area is 200 Å². The molecule has 5 atom stereocenters. The first kappa shape index (κ1) is 24.8. The van der Waals surface area contributed by atoms with Crippen molar-refractivity contribution < 1.29 is 42.9 Å². The molecule has 30 heavy (non-hydrogen) atoms. The van der Waals surface area contributed by atoms with Crippen LogP contribution in [0.1, 0.15) is 31.1 Å². The fourth-order valence-corrected chi connectivity index (χ4v) is 4.23. The van der Waals surface area contributed by atoms with Gasteiger partial charge in [-0.1, -0.05) is 34.7 Å². The van der Waals surface area contributed by atoms with Crippen molar-refractivity contribution in [2.75, 3.05) is 6.61 Å². The predicted molar refractivity (Wildman–Crippen MR) is 119 cm³/mol. The number of esters is 4. The standard InChI is InChI=1S/C19H20I2O9/c1-9(22)26-8-14-16(27-10(2)23)17(28-11(3)24)15(21)19(29-14)30-18(25)12-6-4-5-7-13(12)20/h4-7,14-17,19H,8H2,1-3H3/t14-,15-,16+,17-,19-/m1/s1. The van der Waals surface area contributed by atoms with Crippen LogP contribution in [-0.4, -0.2) is 59.0 Å². The quantitative estimate of drug-likeness (QED) is 0.199. The maximum absolute atomic E-state index is 12.7. The monoisotopic (exact) mass is 646 g/mol. The lowest BCUT2D eigenvalue weighted by molar-refractivity contribution is -0.246. The summed E-state index contributed by atoms with van der Waals surface area (Å²) >= 11 is 3.92. The maximum atomic E-state index is 12.7. The lowest BCUT2D eigenvalue weighted by Crippen LogP contribution is -2.60. The van der Waals surface area contributed by atoms with Crippen molar-refractivity contribution in [3.63, 3.8) is 0 Å². The number of hydrogen-bond donors (Lipinski definition) is 0. The summed E-state index contributed by atoms with van der Waals surface area (Å²) in [6.45, 7) is 3.33. The minimum absolute atomic E-state index is 0.286.